The Morgan fingerprint density at radius 1 is 0.909 bits per heavy atom. The molecule has 0 saturated heterocycles. The molecule has 1 N–H and O–H groups in total. The van der Waals surface area contributed by atoms with Crippen LogP contribution in [0.4, 0.5) is 5.69 Å². The van der Waals surface area contributed by atoms with Crippen molar-refractivity contribution >= 4 is 44.6 Å². The van der Waals surface area contributed by atoms with E-state index in [1.807, 2.05) is 12.1 Å². The maximum atomic E-state index is 13.0. The first kappa shape index (κ1) is 22.0. The van der Waals surface area contributed by atoms with Crippen molar-refractivity contribution in [2.75, 3.05) is 5.32 Å². The molecule has 1 amide bonds. The van der Waals surface area contributed by atoms with Crippen molar-refractivity contribution in [2.24, 2.45) is 0 Å². The first-order valence-electron chi connectivity index (χ1n) is 10.0. The second-order valence-corrected chi connectivity index (χ2v) is 9.00. The van der Waals surface area contributed by atoms with Crippen LogP contribution in [0.2, 0.25) is 0 Å². The van der Waals surface area contributed by atoms with E-state index < -0.39 is 16.0 Å². The third-order valence-corrected chi connectivity index (χ3v) is 6.52. The minimum absolute atomic E-state index is 0.116. The number of esters is 1. The van der Waals surface area contributed by atoms with Gasteiger partial charge in [-0.25, -0.2) is 12.4 Å². The topological polar surface area (TPSA) is 94.5 Å². The number of rotatable bonds is 6. The predicted octanol–water partition coefficient (Wildman–Crippen LogP) is 4.46. The first-order valence-corrected chi connectivity index (χ1v) is 11.5. The summed E-state index contributed by atoms with van der Waals surface area (Å²) in [6, 6.07) is 21.7. The number of nitrogens with one attached hydrogen (secondary N) is 1. The first-order chi connectivity index (χ1) is 15.8. The minimum atomic E-state index is -3.77. The van der Waals surface area contributed by atoms with Crippen LogP contribution in [0.15, 0.2) is 96.0 Å². The van der Waals surface area contributed by atoms with Crippen molar-refractivity contribution < 1.29 is 22.7 Å². The van der Waals surface area contributed by atoms with Crippen LogP contribution >= 0.6 is 0 Å². The summed E-state index contributed by atoms with van der Waals surface area (Å²) in [5, 5.41) is 3.53. The zero-order valence-corrected chi connectivity index (χ0v) is 18.5. The van der Waals surface area contributed by atoms with Gasteiger partial charge in [0.05, 0.1) is 10.4 Å². The molecule has 0 radical (unpaired) electrons. The molecule has 3 aromatic carbocycles. The Bertz CT molecular complexity index is 1450. The quantitative estimate of drug-likeness (QED) is 0.261. The van der Waals surface area contributed by atoms with E-state index in [0.29, 0.717) is 17.0 Å². The largest absolute Gasteiger partial charge is 0.427 e. The number of anilines is 1. The predicted molar refractivity (Wildman–Crippen MR) is 126 cm³/mol. The molecular weight excluding hydrogens is 440 g/mol. The Labute approximate surface area is 191 Å². The Morgan fingerprint density at radius 3 is 2.30 bits per heavy atom. The molecule has 0 aliphatic heterocycles. The number of para-hydroxylation sites is 1. The van der Waals surface area contributed by atoms with Gasteiger partial charge in [0, 0.05) is 30.3 Å². The average Bonchev–Trinajstić information content (AvgIpc) is 3.24. The van der Waals surface area contributed by atoms with Crippen molar-refractivity contribution in [3.63, 3.8) is 0 Å². The normalized spacial score (nSPS) is 11.5. The Balaban J connectivity index is 1.43. The van der Waals surface area contributed by atoms with Crippen LogP contribution in [0.1, 0.15) is 12.5 Å². The van der Waals surface area contributed by atoms with Crippen molar-refractivity contribution in [3.8, 4) is 5.75 Å². The fourth-order valence-corrected chi connectivity index (χ4v) is 4.61. The number of ether oxygens (including phenoxy) is 1. The maximum absolute atomic E-state index is 13.0. The lowest BCUT2D eigenvalue weighted by atomic mass is 10.2. The van der Waals surface area contributed by atoms with Crippen molar-refractivity contribution in [1.82, 2.24) is 3.97 Å². The summed E-state index contributed by atoms with van der Waals surface area (Å²) in [5.74, 6) is -0.351. The molecule has 0 aliphatic rings. The van der Waals surface area contributed by atoms with Gasteiger partial charge in [-0.2, -0.15) is 0 Å². The summed E-state index contributed by atoms with van der Waals surface area (Å²) < 4.78 is 32.3. The molecule has 7 nitrogen and oxygen atoms in total. The summed E-state index contributed by atoms with van der Waals surface area (Å²) in [5.41, 5.74) is 1.81. The molecule has 33 heavy (non-hydrogen) atoms. The van der Waals surface area contributed by atoms with Crippen LogP contribution in [0.5, 0.6) is 5.75 Å². The van der Waals surface area contributed by atoms with Crippen LogP contribution in [0.3, 0.4) is 0 Å². The molecule has 0 saturated carbocycles. The number of carbonyl (C=O) groups is 2. The van der Waals surface area contributed by atoms with Gasteiger partial charge in [0.25, 0.3) is 10.0 Å². The molecule has 4 rings (SSSR count). The number of hydrogen-bond donors (Lipinski definition) is 1. The summed E-state index contributed by atoms with van der Waals surface area (Å²) in [4.78, 5) is 23.3. The summed E-state index contributed by atoms with van der Waals surface area (Å²) >= 11 is 0. The average molecular weight is 461 g/mol. The molecule has 0 atom stereocenters. The van der Waals surface area contributed by atoms with Gasteiger partial charge in [-0.05, 0) is 60.2 Å². The third kappa shape index (κ3) is 5.02. The second kappa shape index (κ2) is 9.13. The number of hydrogen-bond acceptors (Lipinski definition) is 5. The smallest absolute Gasteiger partial charge is 0.308 e. The van der Waals surface area contributed by atoms with Gasteiger partial charge in [-0.3, -0.25) is 9.59 Å². The number of carbonyl (C=O) groups excluding carboxylic acids is 2. The lowest BCUT2D eigenvalue weighted by molar-refractivity contribution is -0.131. The van der Waals surface area contributed by atoms with Crippen LogP contribution in [0.25, 0.3) is 17.0 Å². The minimum Gasteiger partial charge on any atom is -0.427 e. The van der Waals surface area contributed by atoms with Gasteiger partial charge in [-0.15, -0.1) is 0 Å². The Morgan fingerprint density at radius 2 is 1.61 bits per heavy atom. The van der Waals surface area contributed by atoms with E-state index >= 15 is 0 Å². The van der Waals surface area contributed by atoms with Crippen molar-refractivity contribution in [1.29, 1.82) is 0 Å². The maximum Gasteiger partial charge on any atom is 0.308 e. The SMILES string of the molecule is CC(=O)Oc1ccc(C=CC(=O)Nc2ccc(S(=O)(=O)n3ccc4ccccc43)cc2)cc1. The summed E-state index contributed by atoms with van der Waals surface area (Å²) in [6.45, 7) is 1.32. The molecule has 1 heterocycles. The summed E-state index contributed by atoms with van der Waals surface area (Å²) in [6.07, 6.45) is 4.50. The van der Waals surface area contributed by atoms with E-state index in [9.17, 15) is 18.0 Å². The number of nitrogens with zero attached hydrogens (tertiary/aromatic N) is 1. The lowest BCUT2D eigenvalue weighted by Crippen LogP contribution is -2.12. The highest BCUT2D eigenvalue weighted by Crippen LogP contribution is 2.23. The molecule has 166 valence electrons. The second-order valence-electron chi connectivity index (χ2n) is 7.19. The van der Waals surface area contributed by atoms with Crippen molar-refractivity contribution in [3.05, 3.63) is 96.7 Å². The highest BCUT2D eigenvalue weighted by molar-refractivity contribution is 7.90. The summed E-state index contributed by atoms with van der Waals surface area (Å²) in [7, 11) is -3.77. The van der Waals surface area contributed by atoms with E-state index in [2.05, 4.69) is 5.32 Å². The van der Waals surface area contributed by atoms with Crippen LogP contribution in [-0.2, 0) is 19.6 Å². The molecule has 0 aliphatic carbocycles. The molecule has 1 aromatic heterocycles. The van der Waals surface area contributed by atoms with Gasteiger partial charge >= 0.3 is 5.97 Å². The molecule has 0 unspecified atom stereocenters. The van der Waals surface area contributed by atoms with E-state index in [4.69, 9.17) is 4.74 Å². The highest BCUT2D eigenvalue weighted by Gasteiger charge is 2.18. The molecule has 0 bridgehead atoms. The molecule has 0 spiro atoms. The zero-order chi connectivity index (χ0) is 23.4. The number of fused-ring (bicyclic) bond motifs is 1. The van der Waals surface area contributed by atoms with E-state index in [0.717, 1.165) is 10.9 Å². The van der Waals surface area contributed by atoms with Gasteiger partial charge in [-0.1, -0.05) is 30.3 Å². The van der Waals surface area contributed by atoms with E-state index in [-0.39, 0.29) is 10.8 Å². The zero-order valence-electron chi connectivity index (χ0n) is 17.6. The van der Waals surface area contributed by atoms with Crippen LogP contribution < -0.4 is 10.1 Å². The van der Waals surface area contributed by atoms with E-state index in [1.54, 1.807) is 48.5 Å². The lowest BCUT2D eigenvalue weighted by Gasteiger charge is -2.09. The van der Waals surface area contributed by atoms with Crippen LogP contribution in [-0.4, -0.2) is 24.3 Å². The Kier molecular flexibility index (Phi) is 6.10. The van der Waals surface area contributed by atoms with Gasteiger partial charge in [0.1, 0.15) is 5.75 Å². The fraction of sp³-hybridized carbons (Fsp3) is 0.0400. The van der Waals surface area contributed by atoms with Gasteiger partial charge in [0.15, 0.2) is 0 Å². The fourth-order valence-electron chi connectivity index (χ4n) is 3.26. The number of benzene rings is 3. The third-order valence-electron chi connectivity index (χ3n) is 4.81. The van der Waals surface area contributed by atoms with Crippen molar-refractivity contribution in [2.45, 2.75) is 11.8 Å². The number of aromatic nitrogens is 1. The monoisotopic (exact) mass is 460 g/mol. The van der Waals surface area contributed by atoms with Crippen LogP contribution in [0, 0.1) is 0 Å². The number of amides is 1. The standard InChI is InChI=1S/C25H20N2O5S/c1-18(28)32-22-11-6-19(7-12-22)8-15-25(29)26-21-9-13-23(14-10-21)33(30,31)27-17-16-20-4-2-3-5-24(20)27/h2-17H,1H3,(H,26,29). The van der Waals surface area contributed by atoms with Gasteiger partial charge in [0.2, 0.25) is 5.91 Å². The molecule has 4 aromatic rings. The highest BCUT2D eigenvalue weighted by atomic mass is 32.2. The molecule has 0 fully saturated rings. The Hall–Kier alpha value is -4.17. The van der Waals surface area contributed by atoms with Gasteiger partial charge < -0.3 is 10.1 Å². The van der Waals surface area contributed by atoms with E-state index in [1.165, 1.54) is 47.4 Å². The molecular formula is C25H20N2O5S. The molecule has 8 heteroatoms.